The molecule has 0 bridgehead atoms. The van der Waals surface area contributed by atoms with Gasteiger partial charge in [-0.15, -0.1) is 0 Å². The summed E-state index contributed by atoms with van der Waals surface area (Å²) in [5.41, 5.74) is -1.04. The zero-order chi connectivity index (χ0) is 28.8. The van der Waals surface area contributed by atoms with Gasteiger partial charge in [0.05, 0.1) is 0 Å². The lowest BCUT2D eigenvalue weighted by Gasteiger charge is -2.66. The molecule has 0 saturated heterocycles. The Labute approximate surface area is 236 Å². The fraction of sp³-hybridized carbons (Fsp3) is 0.909. The maximum Gasteiger partial charge on any atom is 0.303 e. The van der Waals surface area contributed by atoms with Gasteiger partial charge in [-0.25, -0.2) is 0 Å². The highest BCUT2D eigenvalue weighted by Gasteiger charge is 2.71. The van der Waals surface area contributed by atoms with Crippen LogP contribution in [0.3, 0.4) is 0 Å². The van der Waals surface area contributed by atoms with Gasteiger partial charge in [-0.05, 0) is 85.9 Å². The van der Waals surface area contributed by atoms with Crippen LogP contribution in [0.2, 0.25) is 0 Å². The fourth-order valence-electron chi connectivity index (χ4n) is 10.4. The van der Waals surface area contributed by atoms with E-state index >= 15 is 0 Å². The number of hydrogen-bond acceptors (Lipinski definition) is 6. The summed E-state index contributed by atoms with van der Waals surface area (Å²) in [7, 11) is 0. The molecule has 6 nitrogen and oxygen atoms in total. The van der Waals surface area contributed by atoms with Crippen LogP contribution in [0, 0.1) is 46.3 Å². The SMILES string of the molecule is CC(=O)O[C@H]1CC[C@]2(C)[C@@H]3CC[C@@]4(C)[C@H](CC[C@H]4[C@H](C)CCCC(C)C)[C@@H]3C[C@@H](OC(C)=O)[C@@]2(OC(C)=O)C1. The van der Waals surface area contributed by atoms with Crippen LogP contribution in [0.5, 0.6) is 0 Å². The molecule has 4 rings (SSSR count). The predicted molar refractivity (Wildman–Crippen MR) is 151 cm³/mol. The molecule has 10 atom stereocenters. The highest BCUT2D eigenvalue weighted by molar-refractivity contribution is 5.68. The average Bonchev–Trinajstić information content (AvgIpc) is 3.16. The van der Waals surface area contributed by atoms with Crippen molar-refractivity contribution in [2.45, 2.75) is 144 Å². The van der Waals surface area contributed by atoms with Gasteiger partial charge in [0.2, 0.25) is 0 Å². The number of hydrogen-bond donors (Lipinski definition) is 0. The molecule has 39 heavy (non-hydrogen) atoms. The van der Waals surface area contributed by atoms with Crippen molar-refractivity contribution < 1.29 is 28.6 Å². The van der Waals surface area contributed by atoms with Crippen molar-refractivity contribution >= 4 is 17.9 Å². The van der Waals surface area contributed by atoms with Crippen LogP contribution in [0.15, 0.2) is 0 Å². The second kappa shape index (κ2) is 11.4. The average molecular weight is 547 g/mol. The summed E-state index contributed by atoms with van der Waals surface area (Å²) >= 11 is 0. The normalized spacial score (nSPS) is 42.1. The Hall–Kier alpha value is -1.59. The van der Waals surface area contributed by atoms with E-state index in [0.717, 1.165) is 37.0 Å². The maximum atomic E-state index is 12.6. The monoisotopic (exact) mass is 546 g/mol. The summed E-state index contributed by atoms with van der Waals surface area (Å²) in [5.74, 6) is 2.58. The maximum absolute atomic E-state index is 12.6. The molecule has 0 amide bonds. The van der Waals surface area contributed by atoms with Gasteiger partial charge in [0.1, 0.15) is 12.2 Å². The lowest BCUT2D eigenvalue weighted by molar-refractivity contribution is -0.279. The third-order valence-electron chi connectivity index (χ3n) is 11.9. The molecule has 4 aliphatic carbocycles. The highest BCUT2D eigenvalue weighted by Crippen LogP contribution is 2.70. The Morgan fingerprint density at radius 1 is 0.821 bits per heavy atom. The summed E-state index contributed by atoms with van der Waals surface area (Å²) in [5, 5.41) is 0. The minimum atomic E-state index is -0.986. The smallest absolute Gasteiger partial charge is 0.303 e. The molecule has 0 aromatic heterocycles. The van der Waals surface area contributed by atoms with Crippen LogP contribution in [0.4, 0.5) is 0 Å². The van der Waals surface area contributed by atoms with Crippen LogP contribution >= 0.6 is 0 Å². The molecular weight excluding hydrogens is 492 g/mol. The Morgan fingerprint density at radius 3 is 2.13 bits per heavy atom. The van der Waals surface area contributed by atoms with Crippen molar-refractivity contribution in [1.29, 1.82) is 0 Å². The first-order valence-electron chi connectivity index (χ1n) is 15.8. The van der Waals surface area contributed by atoms with Crippen molar-refractivity contribution in [1.82, 2.24) is 0 Å². The van der Waals surface area contributed by atoms with Crippen molar-refractivity contribution in [2.24, 2.45) is 46.3 Å². The second-order valence-corrected chi connectivity index (χ2v) is 14.6. The molecule has 0 heterocycles. The fourth-order valence-corrected chi connectivity index (χ4v) is 10.4. The van der Waals surface area contributed by atoms with Gasteiger partial charge >= 0.3 is 17.9 Å². The van der Waals surface area contributed by atoms with E-state index in [1.54, 1.807) is 0 Å². The van der Waals surface area contributed by atoms with Crippen LogP contribution in [0.1, 0.15) is 126 Å². The number of carbonyl (C=O) groups is 3. The van der Waals surface area contributed by atoms with E-state index < -0.39 is 11.7 Å². The molecule has 4 fully saturated rings. The Kier molecular flexibility index (Phi) is 8.84. The molecule has 0 aromatic rings. The van der Waals surface area contributed by atoms with Crippen LogP contribution in [0.25, 0.3) is 0 Å². The van der Waals surface area contributed by atoms with Crippen LogP contribution in [-0.4, -0.2) is 35.7 Å². The first-order chi connectivity index (χ1) is 18.2. The van der Waals surface area contributed by atoms with Crippen molar-refractivity contribution in [2.75, 3.05) is 0 Å². The predicted octanol–water partition coefficient (Wildman–Crippen LogP) is 7.27. The Bertz CT molecular complexity index is 929. The summed E-state index contributed by atoms with van der Waals surface area (Å²) < 4.78 is 18.1. The largest absolute Gasteiger partial charge is 0.462 e. The molecule has 4 saturated carbocycles. The quantitative estimate of drug-likeness (QED) is 0.235. The number of ether oxygens (including phenoxy) is 3. The minimum Gasteiger partial charge on any atom is -0.462 e. The van der Waals surface area contributed by atoms with Crippen molar-refractivity contribution in [3.8, 4) is 0 Å². The van der Waals surface area contributed by atoms with E-state index in [0.29, 0.717) is 36.0 Å². The van der Waals surface area contributed by atoms with Crippen LogP contribution < -0.4 is 0 Å². The van der Waals surface area contributed by atoms with E-state index in [-0.39, 0.29) is 29.4 Å². The standard InChI is InChI=1S/C33H54O6/c1-20(2)10-9-11-21(3)27-12-13-28-26-18-30(38-23(5)35)33(39-24(6)36)19-25(37-22(4)34)14-17-32(33,8)29(26)15-16-31(27,28)7/h20-21,25-30H,9-19H2,1-8H3/t21-,25+,26+,27+,28-,29-,30-,31-,32-,33+/m1/s1. The van der Waals surface area contributed by atoms with Gasteiger partial charge in [-0.2, -0.15) is 0 Å². The minimum absolute atomic E-state index is 0.298. The zero-order valence-electron chi connectivity index (χ0n) is 25.8. The molecular formula is C33H54O6. The van der Waals surface area contributed by atoms with Gasteiger partial charge in [-0.3, -0.25) is 14.4 Å². The number of rotatable bonds is 8. The molecule has 0 unspecified atom stereocenters. The van der Waals surface area contributed by atoms with Gasteiger partial charge in [0.25, 0.3) is 0 Å². The van der Waals surface area contributed by atoms with Gasteiger partial charge < -0.3 is 14.2 Å². The Balaban J connectivity index is 1.66. The van der Waals surface area contributed by atoms with Gasteiger partial charge in [-0.1, -0.05) is 53.9 Å². The number of esters is 3. The summed E-state index contributed by atoms with van der Waals surface area (Å²) in [6.07, 6.45) is 10.5. The summed E-state index contributed by atoms with van der Waals surface area (Å²) in [6, 6.07) is 0. The molecule has 0 aromatic carbocycles. The van der Waals surface area contributed by atoms with Crippen LogP contribution in [-0.2, 0) is 28.6 Å². The molecule has 0 spiro atoms. The van der Waals surface area contributed by atoms with E-state index in [2.05, 4.69) is 34.6 Å². The zero-order valence-corrected chi connectivity index (χ0v) is 25.8. The summed E-state index contributed by atoms with van der Waals surface area (Å²) in [6.45, 7) is 16.3. The third-order valence-corrected chi connectivity index (χ3v) is 11.9. The van der Waals surface area contributed by atoms with Gasteiger partial charge in [0, 0.05) is 32.6 Å². The van der Waals surface area contributed by atoms with E-state index in [1.165, 1.54) is 59.3 Å². The third kappa shape index (κ3) is 5.52. The molecule has 222 valence electrons. The molecule has 0 radical (unpaired) electrons. The van der Waals surface area contributed by atoms with E-state index in [1.807, 2.05) is 0 Å². The first-order valence-corrected chi connectivity index (χ1v) is 15.8. The Morgan fingerprint density at radius 2 is 1.51 bits per heavy atom. The highest BCUT2D eigenvalue weighted by atomic mass is 16.6. The first kappa shape index (κ1) is 30.4. The molecule has 0 N–H and O–H groups in total. The lowest BCUT2D eigenvalue weighted by Crippen LogP contribution is -2.70. The van der Waals surface area contributed by atoms with Crippen molar-refractivity contribution in [3.05, 3.63) is 0 Å². The van der Waals surface area contributed by atoms with E-state index in [9.17, 15) is 14.4 Å². The molecule has 6 heteroatoms. The molecule has 4 aliphatic rings. The topological polar surface area (TPSA) is 78.9 Å². The number of carbonyl (C=O) groups excluding carboxylic acids is 3. The van der Waals surface area contributed by atoms with Gasteiger partial charge in [0.15, 0.2) is 5.60 Å². The van der Waals surface area contributed by atoms with Crippen molar-refractivity contribution in [3.63, 3.8) is 0 Å². The van der Waals surface area contributed by atoms with E-state index in [4.69, 9.17) is 14.2 Å². The number of fused-ring (bicyclic) bond motifs is 5. The lowest BCUT2D eigenvalue weighted by atomic mass is 9.42. The molecule has 0 aliphatic heterocycles. The summed E-state index contributed by atoms with van der Waals surface area (Å²) in [4.78, 5) is 37.0. The second-order valence-electron chi connectivity index (χ2n) is 14.6.